The maximum atomic E-state index is 3.90. The molecular formula is C56H53BN2. The van der Waals surface area contributed by atoms with Gasteiger partial charge in [0.05, 0.1) is 5.52 Å². The second kappa shape index (κ2) is 11.9. The third-order valence-corrected chi connectivity index (χ3v) is 14.3. The summed E-state index contributed by atoms with van der Waals surface area (Å²) in [5.41, 5.74) is 25.3. The third kappa shape index (κ3) is 5.13. The summed E-state index contributed by atoms with van der Waals surface area (Å²) in [6.45, 7) is 23.4. The minimum atomic E-state index is -0.0788. The van der Waals surface area contributed by atoms with E-state index in [1.54, 1.807) is 0 Å². The number of anilines is 2. The van der Waals surface area contributed by atoms with Crippen LogP contribution < -0.4 is 16.2 Å². The molecule has 59 heavy (non-hydrogen) atoms. The van der Waals surface area contributed by atoms with Crippen LogP contribution in [0.2, 0.25) is 0 Å². The van der Waals surface area contributed by atoms with Crippen LogP contribution in [0.4, 0.5) is 11.4 Å². The number of rotatable bonds is 3. The van der Waals surface area contributed by atoms with Crippen LogP contribution in [0.1, 0.15) is 103 Å². The van der Waals surface area contributed by atoms with Crippen molar-refractivity contribution in [1.82, 2.24) is 4.57 Å². The summed E-state index contributed by atoms with van der Waals surface area (Å²) in [4.78, 5) is 0. The predicted molar refractivity (Wildman–Crippen MR) is 255 cm³/mol. The molecule has 0 saturated heterocycles. The summed E-state index contributed by atoms with van der Waals surface area (Å²) in [5.74, 6) is 0. The Hall–Kier alpha value is -5.80. The van der Waals surface area contributed by atoms with Crippen LogP contribution in [0.5, 0.6) is 0 Å². The van der Waals surface area contributed by atoms with E-state index in [1.165, 1.54) is 105 Å². The monoisotopic (exact) mass is 764 g/mol. The minimum Gasteiger partial charge on any atom is -0.355 e. The van der Waals surface area contributed by atoms with Gasteiger partial charge in [0, 0.05) is 49.7 Å². The molecule has 0 saturated carbocycles. The molecule has 3 heteroatoms. The zero-order chi connectivity index (χ0) is 41.0. The number of benzene rings is 7. The van der Waals surface area contributed by atoms with Gasteiger partial charge in [0.2, 0.25) is 0 Å². The van der Waals surface area contributed by atoms with Gasteiger partial charge in [-0.1, -0.05) is 160 Å². The molecule has 0 radical (unpaired) electrons. The zero-order valence-electron chi connectivity index (χ0n) is 36.3. The van der Waals surface area contributed by atoms with Crippen molar-refractivity contribution in [1.29, 1.82) is 0 Å². The summed E-state index contributed by atoms with van der Waals surface area (Å²) in [7, 11) is 0.867. The number of fused-ring (bicyclic) bond motifs is 11. The summed E-state index contributed by atoms with van der Waals surface area (Å²) >= 11 is 0. The Morgan fingerprint density at radius 1 is 0.492 bits per heavy atom. The average molecular weight is 765 g/mol. The molecule has 7 aromatic carbocycles. The van der Waals surface area contributed by atoms with Gasteiger partial charge in [0.25, 0.3) is 0 Å². The molecule has 2 heterocycles. The summed E-state index contributed by atoms with van der Waals surface area (Å²) in [5, 5.41) is 6.57. The average Bonchev–Trinajstić information content (AvgIpc) is 3.73. The predicted octanol–water partition coefficient (Wildman–Crippen LogP) is 13.1. The Bertz CT molecular complexity index is 3100. The lowest BCUT2D eigenvalue weighted by atomic mass is 9.58. The van der Waals surface area contributed by atoms with E-state index in [2.05, 4.69) is 207 Å². The molecule has 2 nitrogen and oxygen atoms in total. The molecule has 0 fully saturated rings. The maximum Gasteiger partial charge on any atom is 0.198 e. The fraction of sp³-hybridized carbons (Fsp3) is 0.250. The smallest absolute Gasteiger partial charge is 0.198 e. The molecule has 0 amide bonds. The van der Waals surface area contributed by atoms with Gasteiger partial charge in [-0.25, -0.2) is 0 Å². The van der Waals surface area contributed by atoms with E-state index in [-0.39, 0.29) is 21.7 Å². The first-order valence-corrected chi connectivity index (χ1v) is 21.6. The zero-order valence-corrected chi connectivity index (χ0v) is 36.3. The maximum absolute atomic E-state index is 3.90. The van der Waals surface area contributed by atoms with Crippen molar-refractivity contribution in [2.24, 2.45) is 0 Å². The molecule has 1 aliphatic heterocycles. The Labute approximate surface area is 350 Å². The summed E-state index contributed by atoms with van der Waals surface area (Å²) < 4.78 is 2.65. The molecule has 290 valence electrons. The third-order valence-electron chi connectivity index (χ3n) is 14.3. The Morgan fingerprint density at radius 3 is 1.73 bits per heavy atom. The normalized spacial score (nSPS) is 15.4. The van der Waals surface area contributed by atoms with Gasteiger partial charge in [0.15, 0.2) is 7.28 Å². The second-order valence-electron chi connectivity index (χ2n) is 20.7. The number of aromatic nitrogens is 1. The Morgan fingerprint density at radius 2 is 1.08 bits per heavy atom. The molecular weight excluding hydrogens is 711 g/mol. The first kappa shape index (κ1) is 36.3. The van der Waals surface area contributed by atoms with Gasteiger partial charge in [-0.3, -0.25) is 0 Å². The van der Waals surface area contributed by atoms with Gasteiger partial charge in [-0.15, -0.1) is 0 Å². The van der Waals surface area contributed by atoms with E-state index in [4.69, 9.17) is 0 Å². The fourth-order valence-corrected chi connectivity index (χ4v) is 10.9. The number of hydrogen-bond donors (Lipinski definition) is 1. The van der Waals surface area contributed by atoms with Crippen molar-refractivity contribution in [3.8, 4) is 39.1 Å². The molecule has 2 aliphatic carbocycles. The lowest BCUT2D eigenvalue weighted by molar-refractivity contribution is 0.590. The van der Waals surface area contributed by atoms with Crippen LogP contribution in [-0.2, 0) is 21.7 Å². The molecule has 8 aromatic rings. The lowest BCUT2D eigenvalue weighted by Crippen LogP contribution is -2.38. The molecule has 0 bridgehead atoms. The Balaban J connectivity index is 1.20. The SMILES string of the molecule is CC(C)(C)c1ccc(Nc2ccc(C(C)(C)C)cc2-c2ccc3c4cc5c(cc4n4c3c2Bc2cc3c(cc2-4)-c2ccccc2C3(C)C)-c2ccccc2C5(C)C)cc1. The van der Waals surface area contributed by atoms with Crippen LogP contribution in [0.25, 0.3) is 60.9 Å². The highest BCUT2D eigenvalue weighted by Gasteiger charge is 2.39. The van der Waals surface area contributed by atoms with Gasteiger partial charge in [0.1, 0.15) is 0 Å². The Kier molecular flexibility index (Phi) is 7.33. The van der Waals surface area contributed by atoms with Crippen LogP contribution in [0.3, 0.4) is 0 Å². The lowest BCUT2D eigenvalue weighted by Gasteiger charge is -2.28. The first-order chi connectivity index (χ1) is 28.0. The van der Waals surface area contributed by atoms with E-state index < -0.39 is 0 Å². The second-order valence-corrected chi connectivity index (χ2v) is 20.7. The fourth-order valence-electron chi connectivity index (χ4n) is 10.9. The highest BCUT2D eigenvalue weighted by atomic mass is 15.0. The van der Waals surface area contributed by atoms with E-state index in [9.17, 15) is 0 Å². The summed E-state index contributed by atoms with van der Waals surface area (Å²) in [6, 6.07) is 49.2. The first-order valence-electron chi connectivity index (χ1n) is 21.6. The van der Waals surface area contributed by atoms with Gasteiger partial charge < -0.3 is 9.88 Å². The van der Waals surface area contributed by atoms with Crippen molar-refractivity contribution in [2.75, 3.05) is 5.32 Å². The number of nitrogens with one attached hydrogen (secondary N) is 1. The van der Waals surface area contributed by atoms with E-state index in [0.717, 1.165) is 18.7 Å². The molecule has 1 aromatic heterocycles. The topological polar surface area (TPSA) is 17.0 Å². The van der Waals surface area contributed by atoms with Gasteiger partial charge >= 0.3 is 0 Å². The molecule has 1 N–H and O–H groups in total. The highest BCUT2D eigenvalue weighted by Crippen LogP contribution is 2.53. The van der Waals surface area contributed by atoms with E-state index in [1.807, 2.05) is 0 Å². The van der Waals surface area contributed by atoms with Crippen LogP contribution in [-0.4, -0.2) is 11.8 Å². The van der Waals surface area contributed by atoms with Gasteiger partial charge in [-0.2, -0.15) is 0 Å². The standard InChI is InChI=1S/C56H53BN2/c1-53(2,3)32-19-22-34(23-20-32)58-48-26-21-33(54(4,5)6)27-41(48)37-24-25-38-42-28-45-39(35-15-11-13-17-43(35)55(45,7)8)29-49(42)59-50-30-40-36-16-12-14-18-44(36)56(9,10)46(40)31-47(50)57-51(37)52(38)59/h11-31,57-58H,1-10H3. The number of nitrogens with zero attached hydrogens (tertiary/aromatic N) is 1. The van der Waals surface area contributed by atoms with Crippen molar-refractivity contribution in [3.63, 3.8) is 0 Å². The van der Waals surface area contributed by atoms with Gasteiger partial charge in [-0.05, 0) is 120 Å². The van der Waals surface area contributed by atoms with E-state index in [0.29, 0.717) is 0 Å². The van der Waals surface area contributed by atoms with Crippen molar-refractivity contribution in [3.05, 3.63) is 161 Å². The molecule has 11 rings (SSSR count). The summed E-state index contributed by atoms with van der Waals surface area (Å²) in [6.07, 6.45) is 0. The van der Waals surface area contributed by atoms with Crippen LogP contribution >= 0.6 is 0 Å². The molecule has 0 unspecified atom stereocenters. The molecule has 3 aliphatic rings. The van der Waals surface area contributed by atoms with E-state index >= 15 is 0 Å². The number of hydrogen-bond acceptors (Lipinski definition) is 1. The van der Waals surface area contributed by atoms with Crippen molar-refractivity contribution in [2.45, 2.75) is 90.9 Å². The highest BCUT2D eigenvalue weighted by molar-refractivity contribution is 6.73. The molecule has 0 spiro atoms. The molecule has 0 atom stereocenters. The van der Waals surface area contributed by atoms with Crippen molar-refractivity contribution >= 4 is 51.4 Å². The quantitative estimate of drug-likeness (QED) is 0.177. The van der Waals surface area contributed by atoms with Crippen LogP contribution in [0.15, 0.2) is 127 Å². The van der Waals surface area contributed by atoms with Crippen molar-refractivity contribution < 1.29 is 0 Å². The minimum absolute atomic E-state index is 0.00470. The largest absolute Gasteiger partial charge is 0.355 e. The van der Waals surface area contributed by atoms with Crippen LogP contribution in [0, 0.1) is 0 Å².